The molecule has 3 aromatic rings. The van der Waals surface area contributed by atoms with Gasteiger partial charge >= 0.3 is 5.97 Å². The molecule has 0 spiro atoms. The molecule has 174 valence electrons. The van der Waals surface area contributed by atoms with Crippen LogP contribution in [-0.4, -0.2) is 39.6 Å². The SMILES string of the molecule is Cc1cc(-c2cc(CN3CC(c4ccc5c(c4C)COC5=O)NC(C)(C)C3)on2)ncc1C#N. The van der Waals surface area contributed by atoms with Crippen molar-refractivity contribution in [2.75, 3.05) is 13.1 Å². The molecule has 0 radical (unpaired) electrons. The van der Waals surface area contributed by atoms with Crippen molar-refractivity contribution >= 4 is 5.97 Å². The third-order valence-corrected chi connectivity index (χ3v) is 6.64. The molecule has 5 rings (SSSR count). The molecule has 1 saturated heterocycles. The lowest BCUT2D eigenvalue weighted by atomic mass is 9.89. The van der Waals surface area contributed by atoms with Crippen LogP contribution in [0.25, 0.3) is 11.4 Å². The molecule has 34 heavy (non-hydrogen) atoms. The maximum atomic E-state index is 11.9. The van der Waals surface area contributed by atoms with E-state index in [4.69, 9.17) is 14.5 Å². The summed E-state index contributed by atoms with van der Waals surface area (Å²) >= 11 is 0. The number of aryl methyl sites for hydroxylation is 1. The van der Waals surface area contributed by atoms with Crippen molar-refractivity contribution in [3.8, 4) is 17.5 Å². The summed E-state index contributed by atoms with van der Waals surface area (Å²) in [7, 11) is 0. The molecule has 1 N–H and O–H groups in total. The van der Waals surface area contributed by atoms with Crippen LogP contribution in [0.15, 0.2) is 35.0 Å². The van der Waals surface area contributed by atoms with Crippen LogP contribution in [0, 0.1) is 25.2 Å². The van der Waals surface area contributed by atoms with Crippen LogP contribution in [0.5, 0.6) is 0 Å². The van der Waals surface area contributed by atoms with Gasteiger partial charge in [-0.05, 0) is 56.5 Å². The first-order valence-corrected chi connectivity index (χ1v) is 11.4. The number of cyclic esters (lactones) is 1. The van der Waals surface area contributed by atoms with E-state index >= 15 is 0 Å². The Morgan fingerprint density at radius 3 is 2.85 bits per heavy atom. The Kier molecular flexibility index (Phi) is 5.47. The number of carbonyl (C=O) groups excluding carboxylic acids is 1. The molecule has 0 bridgehead atoms. The smallest absolute Gasteiger partial charge is 0.338 e. The summed E-state index contributed by atoms with van der Waals surface area (Å²) in [5, 5.41) is 17.1. The van der Waals surface area contributed by atoms with E-state index in [0.717, 1.165) is 35.5 Å². The highest BCUT2D eigenvalue weighted by Gasteiger charge is 2.35. The molecule has 1 atom stereocenters. The number of nitrogens with zero attached hydrogens (tertiary/aromatic N) is 4. The molecule has 2 aliphatic heterocycles. The minimum absolute atomic E-state index is 0.106. The molecule has 0 amide bonds. The Labute approximate surface area is 198 Å². The van der Waals surface area contributed by atoms with Crippen LogP contribution in [0.3, 0.4) is 0 Å². The van der Waals surface area contributed by atoms with Crippen LogP contribution in [0.4, 0.5) is 0 Å². The number of aromatic nitrogens is 2. The Bertz CT molecular complexity index is 1320. The standard InChI is InChI=1S/C26H27N5O3/c1-15-7-22(28-10-17(15)9-27)23-8-18(34-30-23)11-31-12-24(29-26(3,4)14-31)19-5-6-20-21(16(19)2)13-33-25(20)32/h5-8,10,24,29H,11-14H2,1-4H3. The zero-order valence-corrected chi connectivity index (χ0v) is 19.8. The van der Waals surface area contributed by atoms with Gasteiger partial charge in [-0.1, -0.05) is 11.2 Å². The van der Waals surface area contributed by atoms with Crippen LogP contribution >= 0.6 is 0 Å². The minimum Gasteiger partial charge on any atom is -0.457 e. The summed E-state index contributed by atoms with van der Waals surface area (Å²) in [6.45, 7) is 10.9. The van der Waals surface area contributed by atoms with E-state index in [9.17, 15) is 4.79 Å². The third kappa shape index (κ3) is 4.09. The number of pyridine rings is 1. The van der Waals surface area contributed by atoms with E-state index in [0.29, 0.717) is 35.7 Å². The number of rotatable bonds is 4. The van der Waals surface area contributed by atoms with E-state index < -0.39 is 0 Å². The first kappa shape index (κ1) is 22.3. The molecule has 0 aliphatic carbocycles. The molecule has 1 unspecified atom stereocenters. The Morgan fingerprint density at radius 2 is 2.09 bits per heavy atom. The van der Waals surface area contributed by atoms with Crippen LogP contribution < -0.4 is 5.32 Å². The van der Waals surface area contributed by atoms with Gasteiger partial charge in [0.1, 0.15) is 18.4 Å². The van der Waals surface area contributed by atoms with E-state index in [2.05, 4.69) is 47.2 Å². The quantitative estimate of drug-likeness (QED) is 0.590. The second-order valence-corrected chi connectivity index (χ2v) is 9.81. The highest BCUT2D eigenvalue weighted by molar-refractivity contribution is 5.94. The number of hydrogen-bond acceptors (Lipinski definition) is 8. The van der Waals surface area contributed by atoms with Gasteiger partial charge in [0.25, 0.3) is 0 Å². The lowest BCUT2D eigenvalue weighted by Gasteiger charge is -2.44. The zero-order chi connectivity index (χ0) is 24.0. The fourth-order valence-electron chi connectivity index (χ4n) is 5.03. The molecular formula is C26H27N5O3. The van der Waals surface area contributed by atoms with E-state index in [1.807, 2.05) is 31.2 Å². The Morgan fingerprint density at radius 1 is 1.26 bits per heavy atom. The summed E-state index contributed by atoms with van der Waals surface area (Å²) in [6, 6.07) is 9.95. The largest absolute Gasteiger partial charge is 0.457 e. The number of fused-ring (bicyclic) bond motifs is 1. The molecule has 2 aromatic heterocycles. The van der Waals surface area contributed by atoms with Gasteiger partial charge in [0, 0.05) is 42.5 Å². The number of hydrogen-bond donors (Lipinski definition) is 1. The molecule has 0 saturated carbocycles. The first-order chi connectivity index (χ1) is 16.2. The fourth-order valence-corrected chi connectivity index (χ4v) is 5.03. The number of nitrogens with one attached hydrogen (secondary N) is 1. The molecule has 2 aliphatic rings. The molecule has 1 aromatic carbocycles. The molecule has 8 heteroatoms. The van der Waals surface area contributed by atoms with Gasteiger partial charge in [-0.25, -0.2) is 4.79 Å². The van der Waals surface area contributed by atoms with Crippen molar-refractivity contribution in [3.05, 3.63) is 69.6 Å². The number of nitriles is 1. The summed E-state index contributed by atoms with van der Waals surface area (Å²) in [5.74, 6) is 0.524. The molecule has 8 nitrogen and oxygen atoms in total. The normalized spacial score (nSPS) is 19.5. The van der Waals surface area contributed by atoms with Gasteiger partial charge in [-0.2, -0.15) is 5.26 Å². The second kappa shape index (κ2) is 8.35. The number of benzene rings is 1. The van der Waals surface area contributed by atoms with Crippen LogP contribution in [-0.2, 0) is 17.9 Å². The van der Waals surface area contributed by atoms with Gasteiger partial charge in [0.15, 0.2) is 5.76 Å². The van der Waals surface area contributed by atoms with E-state index in [-0.39, 0.29) is 17.6 Å². The van der Waals surface area contributed by atoms with Gasteiger partial charge < -0.3 is 14.6 Å². The van der Waals surface area contributed by atoms with Crippen molar-refractivity contribution in [2.24, 2.45) is 0 Å². The highest BCUT2D eigenvalue weighted by atomic mass is 16.5. The van der Waals surface area contributed by atoms with Crippen molar-refractivity contribution in [1.29, 1.82) is 5.26 Å². The zero-order valence-electron chi connectivity index (χ0n) is 19.8. The average molecular weight is 458 g/mol. The summed E-state index contributed by atoms with van der Waals surface area (Å²) in [6.07, 6.45) is 1.57. The highest BCUT2D eigenvalue weighted by Crippen LogP contribution is 2.33. The van der Waals surface area contributed by atoms with Crippen molar-refractivity contribution in [1.82, 2.24) is 20.4 Å². The van der Waals surface area contributed by atoms with Gasteiger partial charge in [-0.15, -0.1) is 0 Å². The Hall–Kier alpha value is -3.54. The molecule has 4 heterocycles. The number of piperazine rings is 1. The van der Waals surface area contributed by atoms with Crippen LogP contribution in [0.2, 0.25) is 0 Å². The van der Waals surface area contributed by atoms with Gasteiger partial charge in [0.05, 0.1) is 23.4 Å². The van der Waals surface area contributed by atoms with Crippen LogP contribution in [0.1, 0.15) is 63.8 Å². The molecule has 1 fully saturated rings. The summed E-state index contributed by atoms with van der Waals surface area (Å²) in [4.78, 5) is 18.7. The number of esters is 1. The van der Waals surface area contributed by atoms with Gasteiger partial charge in [-0.3, -0.25) is 9.88 Å². The number of ether oxygens (including phenoxy) is 1. The average Bonchev–Trinajstić information content (AvgIpc) is 3.40. The third-order valence-electron chi connectivity index (χ3n) is 6.64. The minimum atomic E-state index is -0.240. The topological polar surface area (TPSA) is 104 Å². The number of carbonyl (C=O) groups is 1. The Balaban J connectivity index is 1.36. The monoisotopic (exact) mass is 457 g/mol. The maximum Gasteiger partial charge on any atom is 0.338 e. The lowest BCUT2D eigenvalue weighted by Crippen LogP contribution is -2.58. The lowest BCUT2D eigenvalue weighted by molar-refractivity contribution is 0.0535. The predicted octanol–water partition coefficient (Wildman–Crippen LogP) is 3.82. The summed E-state index contributed by atoms with van der Waals surface area (Å²) in [5.41, 5.74) is 6.62. The fraction of sp³-hybridized carbons (Fsp3) is 0.385. The molecular weight excluding hydrogens is 430 g/mol. The van der Waals surface area contributed by atoms with Crippen molar-refractivity contribution in [3.63, 3.8) is 0 Å². The maximum absolute atomic E-state index is 11.9. The predicted molar refractivity (Wildman–Crippen MR) is 125 cm³/mol. The van der Waals surface area contributed by atoms with E-state index in [1.165, 1.54) is 5.56 Å². The van der Waals surface area contributed by atoms with Crippen molar-refractivity contribution in [2.45, 2.75) is 52.4 Å². The first-order valence-electron chi connectivity index (χ1n) is 11.4. The van der Waals surface area contributed by atoms with E-state index in [1.54, 1.807) is 6.20 Å². The second-order valence-electron chi connectivity index (χ2n) is 9.81. The van der Waals surface area contributed by atoms with Crippen molar-refractivity contribution < 1.29 is 14.1 Å². The summed E-state index contributed by atoms with van der Waals surface area (Å²) < 4.78 is 10.9. The van der Waals surface area contributed by atoms with Gasteiger partial charge in [0.2, 0.25) is 0 Å².